The van der Waals surface area contributed by atoms with Crippen LogP contribution in [0.4, 0.5) is 0 Å². The lowest BCUT2D eigenvalue weighted by atomic mass is 9.88. The van der Waals surface area contributed by atoms with Crippen molar-refractivity contribution in [3.8, 4) is 0 Å². The molecule has 0 bridgehead atoms. The Labute approximate surface area is 123 Å². The van der Waals surface area contributed by atoms with Gasteiger partial charge in [-0.3, -0.25) is 9.59 Å². The van der Waals surface area contributed by atoms with Crippen molar-refractivity contribution in [2.24, 2.45) is 0 Å². The largest absolute Gasteiger partial charge is 0.481 e. The highest BCUT2D eigenvalue weighted by molar-refractivity contribution is 5.96. The Hall–Kier alpha value is -2.30. The molecule has 0 spiro atoms. The first-order chi connectivity index (χ1) is 9.99. The highest BCUT2D eigenvalue weighted by Crippen LogP contribution is 2.21. The SMILES string of the molecule is CCC(CC)(CC(=O)O)NC(=O)c1cc2ccccn2c1. The molecule has 21 heavy (non-hydrogen) atoms. The molecule has 1 amide bonds. The number of carbonyl (C=O) groups excluding carboxylic acids is 1. The molecular weight excluding hydrogens is 268 g/mol. The van der Waals surface area contributed by atoms with Crippen LogP contribution in [-0.4, -0.2) is 26.9 Å². The monoisotopic (exact) mass is 288 g/mol. The highest BCUT2D eigenvalue weighted by atomic mass is 16.4. The molecule has 0 aromatic carbocycles. The molecule has 0 fully saturated rings. The van der Waals surface area contributed by atoms with Crippen molar-refractivity contribution in [1.29, 1.82) is 0 Å². The standard InChI is InChI=1S/C16H20N2O3/c1-3-16(4-2,10-14(19)20)17-15(21)12-9-13-7-5-6-8-18(13)11-12/h5-9,11H,3-4,10H2,1-2H3,(H,17,21)(H,19,20). The van der Waals surface area contributed by atoms with Gasteiger partial charge in [0.1, 0.15) is 0 Å². The van der Waals surface area contributed by atoms with E-state index in [9.17, 15) is 9.59 Å². The van der Waals surface area contributed by atoms with Crippen molar-refractivity contribution < 1.29 is 14.7 Å². The van der Waals surface area contributed by atoms with Crippen molar-refractivity contribution in [3.63, 3.8) is 0 Å². The Morgan fingerprint density at radius 3 is 2.57 bits per heavy atom. The fraction of sp³-hybridized carbons (Fsp3) is 0.375. The Kier molecular flexibility index (Phi) is 4.31. The summed E-state index contributed by atoms with van der Waals surface area (Å²) in [6.45, 7) is 3.78. The van der Waals surface area contributed by atoms with Crippen molar-refractivity contribution >= 4 is 17.4 Å². The Morgan fingerprint density at radius 1 is 1.29 bits per heavy atom. The number of hydrogen-bond donors (Lipinski definition) is 2. The van der Waals surface area contributed by atoms with Crippen molar-refractivity contribution in [2.75, 3.05) is 0 Å². The number of nitrogens with zero attached hydrogens (tertiary/aromatic N) is 1. The third-order valence-electron chi connectivity index (χ3n) is 3.99. The van der Waals surface area contributed by atoms with Crippen LogP contribution in [0.25, 0.3) is 5.52 Å². The maximum Gasteiger partial charge on any atom is 0.305 e. The summed E-state index contributed by atoms with van der Waals surface area (Å²) >= 11 is 0. The molecule has 2 rings (SSSR count). The van der Waals surface area contributed by atoms with E-state index in [0.29, 0.717) is 18.4 Å². The predicted molar refractivity (Wildman–Crippen MR) is 80.4 cm³/mol. The second-order valence-electron chi connectivity index (χ2n) is 5.27. The Balaban J connectivity index is 2.24. The fourth-order valence-corrected chi connectivity index (χ4v) is 2.50. The van der Waals surface area contributed by atoms with Crippen LogP contribution in [0.1, 0.15) is 43.5 Å². The van der Waals surface area contributed by atoms with Gasteiger partial charge in [-0.05, 0) is 31.0 Å². The number of hydrogen-bond acceptors (Lipinski definition) is 2. The maximum atomic E-state index is 12.4. The van der Waals surface area contributed by atoms with Crippen LogP contribution < -0.4 is 5.32 Å². The first-order valence-electron chi connectivity index (χ1n) is 7.10. The minimum Gasteiger partial charge on any atom is -0.481 e. The van der Waals surface area contributed by atoms with Gasteiger partial charge in [0, 0.05) is 17.9 Å². The summed E-state index contributed by atoms with van der Waals surface area (Å²) in [6.07, 6.45) is 4.71. The molecule has 112 valence electrons. The number of carbonyl (C=O) groups is 2. The Morgan fingerprint density at radius 2 is 2.00 bits per heavy atom. The number of fused-ring (bicyclic) bond motifs is 1. The average Bonchev–Trinajstić information content (AvgIpc) is 2.90. The van der Waals surface area contributed by atoms with Gasteiger partial charge >= 0.3 is 5.97 Å². The van der Waals surface area contributed by atoms with Gasteiger partial charge in [-0.25, -0.2) is 0 Å². The maximum absolute atomic E-state index is 12.4. The molecule has 0 aliphatic carbocycles. The normalized spacial score (nSPS) is 11.5. The van der Waals surface area contributed by atoms with E-state index in [0.717, 1.165) is 5.52 Å². The number of carboxylic acid groups (broad SMARTS) is 1. The third kappa shape index (κ3) is 3.24. The van der Waals surface area contributed by atoms with Crippen LogP contribution >= 0.6 is 0 Å². The summed E-state index contributed by atoms with van der Waals surface area (Å²) in [7, 11) is 0. The minimum atomic E-state index is -0.902. The first-order valence-corrected chi connectivity index (χ1v) is 7.10. The van der Waals surface area contributed by atoms with Crippen molar-refractivity contribution in [2.45, 2.75) is 38.6 Å². The van der Waals surface area contributed by atoms with Crippen LogP contribution in [0.2, 0.25) is 0 Å². The number of nitrogens with one attached hydrogen (secondary N) is 1. The van der Waals surface area contributed by atoms with Gasteiger partial charge in [0.15, 0.2) is 0 Å². The number of aliphatic carboxylic acids is 1. The topological polar surface area (TPSA) is 70.8 Å². The number of aromatic nitrogens is 1. The molecule has 2 aromatic rings. The molecule has 2 heterocycles. The van der Waals surface area contributed by atoms with Crippen molar-refractivity contribution in [1.82, 2.24) is 9.72 Å². The van der Waals surface area contributed by atoms with Gasteiger partial charge in [-0.15, -0.1) is 0 Å². The van der Waals surface area contributed by atoms with Crippen LogP contribution in [0.5, 0.6) is 0 Å². The smallest absolute Gasteiger partial charge is 0.305 e. The molecule has 0 radical (unpaired) electrons. The zero-order valence-electron chi connectivity index (χ0n) is 12.3. The van der Waals surface area contributed by atoms with Gasteiger partial charge in [0.2, 0.25) is 0 Å². The zero-order chi connectivity index (χ0) is 15.5. The molecule has 5 heteroatoms. The van der Waals surface area contributed by atoms with Gasteiger partial charge in [0.05, 0.1) is 17.5 Å². The van der Waals surface area contributed by atoms with Crippen LogP contribution in [0.15, 0.2) is 36.7 Å². The second-order valence-corrected chi connectivity index (χ2v) is 5.27. The summed E-state index contributed by atoms with van der Waals surface area (Å²) in [5.41, 5.74) is 0.772. The van der Waals surface area contributed by atoms with E-state index in [2.05, 4.69) is 5.32 Å². The second kappa shape index (κ2) is 5.99. The lowest BCUT2D eigenvalue weighted by Crippen LogP contribution is -2.49. The highest BCUT2D eigenvalue weighted by Gasteiger charge is 2.31. The minimum absolute atomic E-state index is 0.0703. The van der Waals surface area contributed by atoms with Crippen LogP contribution in [0, 0.1) is 0 Å². The van der Waals surface area contributed by atoms with Crippen LogP contribution in [0.3, 0.4) is 0 Å². The van der Waals surface area contributed by atoms with E-state index in [4.69, 9.17) is 5.11 Å². The van der Waals surface area contributed by atoms with E-state index in [-0.39, 0.29) is 12.3 Å². The first kappa shape index (κ1) is 15.1. The summed E-state index contributed by atoms with van der Waals surface area (Å²) < 4.78 is 1.87. The number of pyridine rings is 1. The quantitative estimate of drug-likeness (QED) is 0.858. The van der Waals surface area contributed by atoms with E-state index in [1.165, 1.54) is 0 Å². The van der Waals surface area contributed by atoms with E-state index < -0.39 is 11.5 Å². The molecule has 0 unspecified atom stereocenters. The average molecular weight is 288 g/mol. The summed E-state index contributed by atoms with van der Waals surface area (Å²) in [6, 6.07) is 7.51. The number of rotatable bonds is 6. The van der Waals surface area contributed by atoms with E-state index in [1.807, 2.05) is 42.6 Å². The summed E-state index contributed by atoms with van der Waals surface area (Å²) in [4.78, 5) is 23.4. The number of carboxylic acids is 1. The molecular formula is C16H20N2O3. The molecule has 5 nitrogen and oxygen atoms in total. The molecule has 2 aromatic heterocycles. The van der Waals surface area contributed by atoms with E-state index in [1.54, 1.807) is 12.3 Å². The molecule has 0 saturated heterocycles. The van der Waals surface area contributed by atoms with Crippen molar-refractivity contribution in [3.05, 3.63) is 42.2 Å². The molecule has 0 atom stereocenters. The van der Waals surface area contributed by atoms with Gasteiger partial charge in [-0.2, -0.15) is 0 Å². The Bertz CT molecular complexity index is 623. The van der Waals surface area contributed by atoms with Gasteiger partial charge in [0.25, 0.3) is 5.91 Å². The lowest BCUT2D eigenvalue weighted by molar-refractivity contribution is -0.138. The summed E-state index contributed by atoms with van der Waals surface area (Å²) in [5.74, 6) is -1.13. The van der Waals surface area contributed by atoms with Gasteiger partial charge < -0.3 is 14.8 Å². The predicted octanol–water partition coefficient (Wildman–Crippen LogP) is 2.70. The van der Waals surface area contributed by atoms with Gasteiger partial charge in [-0.1, -0.05) is 19.9 Å². The third-order valence-corrected chi connectivity index (χ3v) is 3.99. The number of amides is 1. The lowest BCUT2D eigenvalue weighted by Gasteiger charge is -2.31. The summed E-state index contributed by atoms with van der Waals surface area (Å²) in [5, 5.41) is 12.0. The zero-order valence-corrected chi connectivity index (χ0v) is 12.3. The van der Waals surface area contributed by atoms with E-state index >= 15 is 0 Å². The molecule has 0 aliphatic rings. The van der Waals surface area contributed by atoms with Crippen LogP contribution in [-0.2, 0) is 4.79 Å². The molecule has 2 N–H and O–H groups in total. The molecule has 0 saturated carbocycles. The fourth-order valence-electron chi connectivity index (χ4n) is 2.50. The molecule has 0 aliphatic heterocycles.